The van der Waals surface area contributed by atoms with Crippen LogP contribution in [-0.2, 0) is 9.53 Å². The van der Waals surface area contributed by atoms with E-state index in [1.165, 1.54) is 7.11 Å². The maximum atomic E-state index is 12.9. The minimum absolute atomic E-state index is 0.319. The lowest BCUT2D eigenvalue weighted by Crippen LogP contribution is -2.46. The Balaban J connectivity index is 1.80. The maximum Gasteiger partial charge on any atom is 0.337 e. The van der Waals surface area contributed by atoms with Crippen LogP contribution in [-0.4, -0.2) is 62.7 Å². The second kappa shape index (κ2) is 10.9. The van der Waals surface area contributed by atoms with E-state index in [0.29, 0.717) is 27.0 Å². The molecule has 0 unspecified atom stereocenters. The Morgan fingerprint density at radius 3 is 2.44 bits per heavy atom. The zero-order valence-electron chi connectivity index (χ0n) is 18.4. The smallest absolute Gasteiger partial charge is 0.337 e. The number of carbonyl (C=O) groups is 2. The predicted octanol–water partition coefficient (Wildman–Crippen LogP) is 4.33. The number of rotatable bonds is 7. The Morgan fingerprint density at radius 2 is 1.81 bits per heavy atom. The topological polar surface area (TPSA) is 71.1 Å². The number of amides is 1. The average Bonchev–Trinajstić information content (AvgIpc) is 2.80. The maximum absolute atomic E-state index is 12.9. The molecule has 9 heteroatoms. The van der Waals surface area contributed by atoms with Gasteiger partial charge in [-0.3, -0.25) is 4.79 Å². The fourth-order valence-corrected chi connectivity index (χ4v) is 3.96. The molecular formula is C23H27Cl2N3O4. The summed E-state index contributed by atoms with van der Waals surface area (Å²) in [5.74, 6) is -0.482. The van der Waals surface area contributed by atoms with Gasteiger partial charge in [0.15, 0.2) is 6.10 Å². The number of halogens is 2. The number of likely N-dealkylation sites (N-methyl/N-ethyl adjacent to an activating group) is 1. The molecule has 1 heterocycles. The van der Waals surface area contributed by atoms with E-state index in [9.17, 15) is 9.59 Å². The van der Waals surface area contributed by atoms with Gasteiger partial charge in [-0.15, -0.1) is 0 Å². The van der Waals surface area contributed by atoms with E-state index in [2.05, 4.69) is 22.0 Å². The molecule has 0 aromatic heterocycles. The van der Waals surface area contributed by atoms with Crippen molar-refractivity contribution in [2.75, 3.05) is 50.1 Å². The SMILES string of the molecule is CCN1CCN(c2ccc(C(=O)OC)cc2NC(=O)[C@@H](C)Oc2ccc(Cl)cc2Cl)CC1. The van der Waals surface area contributed by atoms with Gasteiger partial charge in [0.25, 0.3) is 5.91 Å². The Bertz CT molecular complexity index is 978. The molecule has 7 nitrogen and oxygen atoms in total. The third kappa shape index (κ3) is 5.85. The number of hydrogen-bond acceptors (Lipinski definition) is 6. The van der Waals surface area contributed by atoms with Crippen LogP contribution in [0, 0.1) is 0 Å². The molecule has 2 aromatic carbocycles. The van der Waals surface area contributed by atoms with E-state index in [1.54, 1.807) is 37.3 Å². The summed E-state index contributed by atoms with van der Waals surface area (Å²) in [5, 5.41) is 3.70. The lowest BCUT2D eigenvalue weighted by molar-refractivity contribution is -0.122. The molecular weight excluding hydrogens is 453 g/mol. The summed E-state index contributed by atoms with van der Waals surface area (Å²) < 4.78 is 10.6. The van der Waals surface area contributed by atoms with Crippen molar-refractivity contribution in [3.8, 4) is 5.75 Å². The summed E-state index contributed by atoms with van der Waals surface area (Å²) in [5.41, 5.74) is 1.73. The summed E-state index contributed by atoms with van der Waals surface area (Å²) in [6.07, 6.45) is -0.833. The average molecular weight is 480 g/mol. The number of carbonyl (C=O) groups excluding carboxylic acids is 2. The first-order valence-electron chi connectivity index (χ1n) is 10.4. The molecule has 0 saturated carbocycles. The summed E-state index contributed by atoms with van der Waals surface area (Å²) in [4.78, 5) is 29.5. The van der Waals surface area contributed by atoms with Crippen molar-refractivity contribution in [1.29, 1.82) is 0 Å². The number of anilines is 2. The van der Waals surface area contributed by atoms with Gasteiger partial charge in [0, 0.05) is 31.2 Å². The largest absolute Gasteiger partial charge is 0.479 e. The highest BCUT2D eigenvalue weighted by atomic mass is 35.5. The van der Waals surface area contributed by atoms with Crippen LogP contribution in [0.15, 0.2) is 36.4 Å². The van der Waals surface area contributed by atoms with Crippen molar-refractivity contribution in [2.45, 2.75) is 20.0 Å². The summed E-state index contributed by atoms with van der Waals surface area (Å²) in [7, 11) is 1.32. The molecule has 3 rings (SSSR count). The van der Waals surface area contributed by atoms with E-state index >= 15 is 0 Å². The fraction of sp³-hybridized carbons (Fsp3) is 0.391. The van der Waals surface area contributed by atoms with Gasteiger partial charge in [0.2, 0.25) is 0 Å². The van der Waals surface area contributed by atoms with Crippen LogP contribution < -0.4 is 15.0 Å². The number of benzene rings is 2. The van der Waals surface area contributed by atoms with Crippen LogP contribution >= 0.6 is 23.2 Å². The summed E-state index contributed by atoms with van der Waals surface area (Å²) in [6.45, 7) is 8.27. The third-order valence-corrected chi connectivity index (χ3v) is 5.93. The van der Waals surface area contributed by atoms with Crippen molar-refractivity contribution in [2.24, 2.45) is 0 Å². The number of nitrogens with zero attached hydrogens (tertiary/aromatic N) is 2. The Hall–Kier alpha value is -2.48. The zero-order chi connectivity index (χ0) is 23.3. The van der Waals surface area contributed by atoms with Crippen molar-refractivity contribution in [1.82, 2.24) is 4.90 Å². The molecule has 0 radical (unpaired) electrons. The molecule has 32 heavy (non-hydrogen) atoms. The Labute approximate surface area is 198 Å². The minimum Gasteiger partial charge on any atom is -0.479 e. The highest BCUT2D eigenvalue weighted by molar-refractivity contribution is 6.35. The quantitative estimate of drug-likeness (QED) is 0.595. The van der Waals surface area contributed by atoms with E-state index in [4.69, 9.17) is 32.7 Å². The number of hydrogen-bond donors (Lipinski definition) is 1. The molecule has 172 valence electrons. The number of ether oxygens (including phenoxy) is 2. The number of piperazine rings is 1. The van der Waals surface area contributed by atoms with Crippen LogP contribution in [0.25, 0.3) is 0 Å². The molecule has 1 saturated heterocycles. The van der Waals surface area contributed by atoms with E-state index in [0.717, 1.165) is 38.4 Å². The standard InChI is InChI=1S/C23H27Cl2N3O4/c1-4-27-9-11-28(12-10-27)20-7-5-16(23(30)31-3)13-19(20)26-22(29)15(2)32-21-8-6-17(24)14-18(21)25/h5-8,13-15H,4,9-12H2,1-3H3,(H,26,29)/t15-/m1/s1. The van der Waals surface area contributed by atoms with Crippen molar-refractivity contribution >= 4 is 46.5 Å². The van der Waals surface area contributed by atoms with Crippen molar-refractivity contribution in [3.63, 3.8) is 0 Å². The number of nitrogens with one attached hydrogen (secondary N) is 1. The molecule has 0 spiro atoms. The number of esters is 1. The van der Waals surface area contributed by atoms with E-state index in [1.807, 2.05) is 6.07 Å². The molecule has 1 N–H and O–H groups in total. The molecule has 2 aromatic rings. The lowest BCUT2D eigenvalue weighted by atomic mass is 10.1. The van der Waals surface area contributed by atoms with Gasteiger partial charge < -0.3 is 24.6 Å². The van der Waals surface area contributed by atoms with Crippen molar-refractivity contribution in [3.05, 3.63) is 52.0 Å². The van der Waals surface area contributed by atoms with Crippen LogP contribution in [0.3, 0.4) is 0 Å². The van der Waals surface area contributed by atoms with Gasteiger partial charge >= 0.3 is 5.97 Å². The lowest BCUT2D eigenvalue weighted by Gasteiger charge is -2.36. The van der Waals surface area contributed by atoms with Crippen LogP contribution in [0.2, 0.25) is 10.0 Å². The molecule has 1 atom stereocenters. The van der Waals surface area contributed by atoms with Gasteiger partial charge in [-0.25, -0.2) is 4.79 Å². The normalized spacial score (nSPS) is 15.2. The highest BCUT2D eigenvalue weighted by Crippen LogP contribution is 2.31. The van der Waals surface area contributed by atoms with Crippen LogP contribution in [0.1, 0.15) is 24.2 Å². The van der Waals surface area contributed by atoms with Gasteiger partial charge in [-0.2, -0.15) is 0 Å². The highest BCUT2D eigenvalue weighted by Gasteiger charge is 2.23. The Kier molecular flexibility index (Phi) is 8.23. The third-order valence-electron chi connectivity index (χ3n) is 5.40. The van der Waals surface area contributed by atoms with Gasteiger partial charge in [-0.1, -0.05) is 30.1 Å². The van der Waals surface area contributed by atoms with Crippen LogP contribution in [0.5, 0.6) is 5.75 Å². The summed E-state index contributed by atoms with van der Waals surface area (Å²) >= 11 is 12.1. The molecule has 1 fully saturated rings. The van der Waals surface area contributed by atoms with Crippen LogP contribution in [0.4, 0.5) is 11.4 Å². The monoisotopic (exact) mass is 479 g/mol. The minimum atomic E-state index is -0.833. The van der Waals surface area contributed by atoms with Gasteiger partial charge in [0.05, 0.1) is 29.1 Å². The molecule has 1 aliphatic heterocycles. The predicted molar refractivity (Wildman–Crippen MR) is 127 cm³/mol. The molecule has 0 bridgehead atoms. The van der Waals surface area contributed by atoms with Gasteiger partial charge in [-0.05, 0) is 49.9 Å². The molecule has 1 amide bonds. The van der Waals surface area contributed by atoms with E-state index in [-0.39, 0.29) is 5.91 Å². The van der Waals surface area contributed by atoms with Crippen molar-refractivity contribution < 1.29 is 19.1 Å². The fourth-order valence-electron chi connectivity index (χ4n) is 3.51. The molecule has 1 aliphatic rings. The first-order valence-corrected chi connectivity index (χ1v) is 11.2. The van der Waals surface area contributed by atoms with Gasteiger partial charge in [0.1, 0.15) is 5.75 Å². The zero-order valence-corrected chi connectivity index (χ0v) is 19.9. The first-order chi connectivity index (χ1) is 15.3. The number of methoxy groups -OCH3 is 1. The Morgan fingerprint density at radius 1 is 1.09 bits per heavy atom. The summed E-state index contributed by atoms with van der Waals surface area (Å²) in [6, 6.07) is 9.98. The second-order valence-electron chi connectivity index (χ2n) is 7.47. The molecule has 0 aliphatic carbocycles. The van der Waals surface area contributed by atoms with E-state index < -0.39 is 12.1 Å². The first kappa shape index (κ1) is 24.2. The second-order valence-corrected chi connectivity index (χ2v) is 8.31.